The van der Waals surface area contributed by atoms with Crippen LogP contribution in [0.2, 0.25) is 0 Å². The SMILES string of the molecule is CCNC(=O)C(C)(C)N.Cc1c(-c2cnn(C)c2)cnc(N2CCCC(F)(F)CC2)c1C(=O)Nc1cccc(S)c1. The zero-order valence-electron chi connectivity index (χ0n) is 24.2. The average molecular weight is 588 g/mol. The van der Waals surface area contributed by atoms with Crippen LogP contribution in [0.4, 0.5) is 20.3 Å². The van der Waals surface area contributed by atoms with Gasteiger partial charge in [-0.2, -0.15) is 5.10 Å². The normalized spacial score (nSPS) is 14.9. The molecule has 41 heavy (non-hydrogen) atoms. The van der Waals surface area contributed by atoms with E-state index in [1.54, 1.807) is 54.0 Å². The highest BCUT2D eigenvalue weighted by atomic mass is 32.1. The zero-order valence-corrected chi connectivity index (χ0v) is 25.1. The van der Waals surface area contributed by atoms with E-state index < -0.39 is 11.5 Å². The highest BCUT2D eigenvalue weighted by Crippen LogP contribution is 2.34. The molecule has 1 fully saturated rings. The average Bonchev–Trinajstić information content (AvgIpc) is 3.22. The first kappa shape index (κ1) is 32.0. The number of anilines is 2. The van der Waals surface area contributed by atoms with Crippen molar-refractivity contribution in [1.82, 2.24) is 20.1 Å². The lowest BCUT2D eigenvalue weighted by molar-refractivity contribution is -0.125. The molecule has 222 valence electrons. The van der Waals surface area contributed by atoms with Crippen LogP contribution >= 0.6 is 12.6 Å². The van der Waals surface area contributed by atoms with E-state index in [4.69, 9.17) is 5.73 Å². The van der Waals surface area contributed by atoms with Gasteiger partial charge in [0.2, 0.25) is 11.8 Å². The number of nitrogens with one attached hydrogen (secondary N) is 2. The van der Waals surface area contributed by atoms with Crippen molar-refractivity contribution in [3.63, 3.8) is 0 Å². The maximum Gasteiger partial charge on any atom is 0.259 e. The van der Waals surface area contributed by atoms with Crippen LogP contribution in [0, 0.1) is 6.92 Å². The summed E-state index contributed by atoms with van der Waals surface area (Å²) in [5, 5.41) is 9.75. The molecule has 4 rings (SSSR count). The number of halogens is 2. The molecule has 0 atom stereocenters. The van der Waals surface area contributed by atoms with Gasteiger partial charge in [0.05, 0.1) is 17.3 Å². The quantitative estimate of drug-likeness (QED) is 0.307. The Bertz CT molecular complexity index is 1370. The van der Waals surface area contributed by atoms with E-state index in [1.807, 2.05) is 33.2 Å². The molecule has 0 spiro atoms. The Labute approximate surface area is 245 Å². The van der Waals surface area contributed by atoms with Gasteiger partial charge in [-0.1, -0.05) is 6.07 Å². The van der Waals surface area contributed by atoms with E-state index in [0.717, 1.165) is 21.6 Å². The molecule has 2 amide bonds. The Morgan fingerprint density at radius 3 is 2.51 bits per heavy atom. The molecule has 12 heteroatoms. The number of hydrogen-bond donors (Lipinski definition) is 4. The lowest BCUT2D eigenvalue weighted by Gasteiger charge is -2.25. The van der Waals surface area contributed by atoms with Crippen molar-refractivity contribution in [3.05, 3.63) is 54.0 Å². The second kappa shape index (κ2) is 13.4. The number of carbonyl (C=O) groups is 2. The third kappa shape index (κ3) is 8.74. The number of hydrogen-bond acceptors (Lipinski definition) is 7. The number of likely N-dealkylation sites (N-methyl/N-ethyl adjacent to an activating group) is 1. The van der Waals surface area contributed by atoms with Crippen molar-refractivity contribution in [3.8, 4) is 11.1 Å². The predicted octanol–water partition coefficient (Wildman–Crippen LogP) is 4.82. The summed E-state index contributed by atoms with van der Waals surface area (Å²) in [6.45, 7) is 8.27. The summed E-state index contributed by atoms with van der Waals surface area (Å²) in [5.74, 6) is -2.72. The van der Waals surface area contributed by atoms with Gasteiger partial charge in [-0.25, -0.2) is 13.8 Å². The first-order chi connectivity index (χ1) is 19.2. The highest BCUT2D eigenvalue weighted by Gasteiger charge is 2.33. The number of rotatable bonds is 6. The van der Waals surface area contributed by atoms with Crippen LogP contribution in [0.15, 0.2) is 47.8 Å². The molecular formula is C29H39F2N7O2S. The summed E-state index contributed by atoms with van der Waals surface area (Å²) in [6, 6.07) is 7.14. The summed E-state index contributed by atoms with van der Waals surface area (Å²) in [7, 11) is 1.82. The van der Waals surface area contributed by atoms with E-state index in [-0.39, 0.29) is 31.2 Å². The maximum atomic E-state index is 14.0. The van der Waals surface area contributed by atoms with Crippen LogP contribution in [-0.4, -0.2) is 57.7 Å². The minimum atomic E-state index is -2.70. The number of aryl methyl sites for hydroxylation is 1. The molecule has 1 aliphatic rings. The summed E-state index contributed by atoms with van der Waals surface area (Å²) in [4.78, 5) is 31.4. The summed E-state index contributed by atoms with van der Waals surface area (Å²) in [5.41, 5.74) is 8.01. The largest absolute Gasteiger partial charge is 0.356 e. The fraction of sp³-hybridized carbons (Fsp3) is 0.448. The Morgan fingerprint density at radius 2 is 1.93 bits per heavy atom. The van der Waals surface area contributed by atoms with E-state index in [9.17, 15) is 18.4 Å². The molecule has 1 aliphatic heterocycles. The second-order valence-corrected chi connectivity index (χ2v) is 11.2. The Morgan fingerprint density at radius 1 is 1.20 bits per heavy atom. The van der Waals surface area contributed by atoms with Crippen LogP contribution in [0.1, 0.15) is 56.0 Å². The van der Waals surface area contributed by atoms with Gasteiger partial charge >= 0.3 is 0 Å². The number of nitrogens with two attached hydrogens (primary N) is 1. The van der Waals surface area contributed by atoms with Crippen molar-refractivity contribution in [2.75, 3.05) is 29.9 Å². The van der Waals surface area contributed by atoms with Crippen molar-refractivity contribution in [2.24, 2.45) is 12.8 Å². The molecule has 3 heterocycles. The Hall–Kier alpha value is -3.51. The topological polar surface area (TPSA) is 118 Å². The van der Waals surface area contributed by atoms with Crippen LogP contribution in [0.25, 0.3) is 11.1 Å². The summed E-state index contributed by atoms with van der Waals surface area (Å²) in [6.07, 6.45) is 5.16. The molecule has 0 radical (unpaired) electrons. The van der Waals surface area contributed by atoms with Crippen LogP contribution < -0.4 is 21.3 Å². The standard InChI is InChI=1S/C23H25F2N5OS.C6H14N2O/c1-15-19(16-12-27-29(2)14-16)13-26-21(30-9-4-7-23(24,25)8-10-30)20(15)22(31)28-17-5-3-6-18(32)11-17;1-4-8-5(9)6(2,3)7/h3,5-6,11-14,32H,4,7-10H2,1-2H3,(H,28,31);4,7H2,1-3H3,(H,8,9). The number of amides is 2. The lowest BCUT2D eigenvalue weighted by atomic mass is 9.99. The predicted molar refractivity (Wildman–Crippen MR) is 161 cm³/mol. The number of benzene rings is 1. The summed E-state index contributed by atoms with van der Waals surface area (Å²) >= 11 is 4.33. The van der Waals surface area contributed by atoms with E-state index in [0.29, 0.717) is 36.6 Å². The molecule has 0 unspecified atom stereocenters. The van der Waals surface area contributed by atoms with Gasteiger partial charge in [0.1, 0.15) is 5.82 Å². The van der Waals surface area contributed by atoms with Crippen LogP contribution in [0.5, 0.6) is 0 Å². The van der Waals surface area contributed by atoms with Crippen LogP contribution in [0.3, 0.4) is 0 Å². The van der Waals surface area contributed by atoms with Crippen molar-refractivity contribution in [1.29, 1.82) is 0 Å². The fourth-order valence-electron chi connectivity index (χ4n) is 4.39. The molecule has 4 N–H and O–H groups in total. The van der Waals surface area contributed by atoms with Crippen molar-refractivity contribution < 1.29 is 18.4 Å². The third-order valence-corrected chi connectivity index (χ3v) is 6.88. The molecule has 0 bridgehead atoms. The van der Waals surface area contributed by atoms with Gasteiger partial charge in [-0.3, -0.25) is 14.3 Å². The fourth-order valence-corrected chi connectivity index (χ4v) is 4.62. The first-order valence-corrected chi connectivity index (χ1v) is 14.0. The second-order valence-electron chi connectivity index (χ2n) is 10.7. The molecule has 1 aromatic carbocycles. The molecule has 0 saturated carbocycles. The van der Waals surface area contributed by atoms with Crippen LogP contribution in [-0.2, 0) is 11.8 Å². The molecule has 0 aliphatic carbocycles. The number of nitrogens with zero attached hydrogens (tertiary/aromatic N) is 4. The number of thiol groups is 1. The van der Waals surface area contributed by atoms with E-state index in [1.165, 1.54) is 0 Å². The van der Waals surface area contributed by atoms with Gasteiger partial charge < -0.3 is 21.3 Å². The summed E-state index contributed by atoms with van der Waals surface area (Å²) < 4.78 is 29.6. The Kier molecular flexibility index (Phi) is 10.5. The minimum absolute atomic E-state index is 0.106. The number of carbonyl (C=O) groups excluding carboxylic acids is 2. The number of aromatic nitrogens is 3. The Balaban J connectivity index is 0.000000445. The van der Waals surface area contributed by atoms with Gasteiger partial charge in [0, 0.05) is 73.6 Å². The number of alkyl halides is 2. The highest BCUT2D eigenvalue weighted by molar-refractivity contribution is 7.80. The zero-order chi connectivity index (χ0) is 30.4. The van der Waals surface area contributed by atoms with E-state index >= 15 is 0 Å². The molecule has 1 saturated heterocycles. The third-order valence-electron chi connectivity index (χ3n) is 6.61. The molecule has 2 aromatic heterocycles. The van der Waals surface area contributed by atoms with Gasteiger partial charge in [0.25, 0.3) is 5.91 Å². The van der Waals surface area contributed by atoms with Gasteiger partial charge in [-0.15, -0.1) is 12.6 Å². The molecule has 9 nitrogen and oxygen atoms in total. The maximum absolute atomic E-state index is 14.0. The van der Waals surface area contributed by atoms with Gasteiger partial charge in [0.15, 0.2) is 0 Å². The van der Waals surface area contributed by atoms with Gasteiger partial charge in [-0.05, 0) is 57.9 Å². The van der Waals surface area contributed by atoms with E-state index in [2.05, 4.69) is 33.3 Å². The smallest absolute Gasteiger partial charge is 0.259 e. The first-order valence-electron chi connectivity index (χ1n) is 13.5. The van der Waals surface area contributed by atoms with Crippen molar-refractivity contribution in [2.45, 2.75) is 63.3 Å². The minimum Gasteiger partial charge on any atom is -0.356 e. The molecular weight excluding hydrogens is 548 g/mol. The number of pyridine rings is 1. The monoisotopic (exact) mass is 587 g/mol. The molecule has 3 aromatic rings. The van der Waals surface area contributed by atoms with Crippen molar-refractivity contribution >= 4 is 35.9 Å². The lowest BCUT2D eigenvalue weighted by Crippen LogP contribution is -2.48.